The van der Waals surface area contributed by atoms with Gasteiger partial charge in [-0.3, -0.25) is 9.59 Å². The van der Waals surface area contributed by atoms with Crippen molar-refractivity contribution in [3.63, 3.8) is 0 Å². The fraction of sp³-hybridized carbons (Fsp3) is 0.550. The topological polar surface area (TPSA) is 101 Å². The average molecular weight is 423 g/mol. The fourth-order valence-corrected chi connectivity index (χ4v) is 5.58. The Morgan fingerprint density at radius 3 is 2.66 bits per heavy atom. The predicted octanol–water partition coefficient (Wildman–Crippen LogP) is 1.40. The van der Waals surface area contributed by atoms with Crippen LogP contribution >= 0.6 is 0 Å². The maximum absolute atomic E-state index is 12.6. The van der Waals surface area contributed by atoms with Gasteiger partial charge in [-0.1, -0.05) is 19.1 Å². The normalized spacial score (nSPS) is 20.7. The molecule has 2 aliphatic heterocycles. The van der Waals surface area contributed by atoms with Gasteiger partial charge in [-0.15, -0.1) is 0 Å². The van der Waals surface area contributed by atoms with Crippen molar-refractivity contribution in [1.82, 2.24) is 4.90 Å². The van der Waals surface area contributed by atoms with Crippen LogP contribution < -0.4 is 4.90 Å². The molecule has 1 atom stereocenters. The van der Waals surface area contributed by atoms with Gasteiger partial charge in [0, 0.05) is 25.6 Å². The summed E-state index contributed by atoms with van der Waals surface area (Å²) in [6.07, 6.45) is 2.26. The van der Waals surface area contributed by atoms with Crippen LogP contribution in [-0.2, 0) is 24.2 Å². The number of hydrogen-bond acceptors (Lipinski definition) is 6. The molecule has 0 unspecified atom stereocenters. The molecule has 0 saturated carbocycles. The number of benzene rings is 1. The van der Waals surface area contributed by atoms with Crippen LogP contribution in [0.15, 0.2) is 24.3 Å². The summed E-state index contributed by atoms with van der Waals surface area (Å²) in [7, 11) is -3.13. The lowest BCUT2D eigenvalue weighted by atomic mass is 10.1. The van der Waals surface area contributed by atoms with Gasteiger partial charge in [-0.05, 0) is 31.4 Å². The largest absolute Gasteiger partial charge is 0.452 e. The summed E-state index contributed by atoms with van der Waals surface area (Å²) in [5, 5.41) is 0. The highest BCUT2D eigenvalue weighted by molar-refractivity contribution is 7.91. The molecular weight excluding hydrogens is 396 g/mol. The Morgan fingerprint density at radius 2 is 2.03 bits per heavy atom. The summed E-state index contributed by atoms with van der Waals surface area (Å²) in [5.74, 6) is -1.10. The number of esters is 1. The van der Waals surface area contributed by atoms with Gasteiger partial charge in [-0.25, -0.2) is 13.2 Å². The van der Waals surface area contributed by atoms with E-state index in [1.54, 1.807) is 29.2 Å². The zero-order valence-electron chi connectivity index (χ0n) is 16.5. The number of hydrogen-bond donors (Lipinski definition) is 0. The highest BCUT2D eigenvalue weighted by atomic mass is 32.2. The molecule has 8 nitrogen and oxygen atoms in total. The molecular formula is C20H26N2O6S. The van der Waals surface area contributed by atoms with Gasteiger partial charge in [0.1, 0.15) is 0 Å². The lowest BCUT2D eigenvalue weighted by Gasteiger charge is -2.27. The first-order valence-corrected chi connectivity index (χ1v) is 11.7. The molecule has 9 heteroatoms. The van der Waals surface area contributed by atoms with Crippen LogP contribution in [0.25, 0.3) is 0 Å². The van der Waals surface area contributed by atoms with Gasteiger partial charge in [0.15, 0.2) is 16.4 Å². The Morgan fingerprint density at radius 1 is 1.28 bits per heavy atom. The first-order valence-electron chi connectivity index (χ1n) is 9.89. The molecule has 2 heterocycles. The number of anilines is 1. The van der Waals surface area contributed by atoms with Crippen molar-refractivity contribution < 1.29 is 27.5 Å². The van der Waals surface area contributed by atoms with Crippen LogP contribution in [0.1, 0.15) is 43.0 Å². The van der Waals surface area contributed by atoms with Gasteiger partial charge in [-0.2, -0.15) is 0 Å². The van der Waals surface area contributed by atoms with E-state index in [0.29, 0.717) is 38.0 Å². The lowest BCUT2D eigenvalue weighted by molar-refractivity contribution is -0.136. The van der Waals surface area contributed by atoms with E-state index in [1.807, 2.05) is 6.92 Å². The van der Waals surface area contributed by atoms with E-state index < -0.39 is 28.3 Å². The van der Waals surface area contributed by atoms with E-state index in [0.717, 1.165) is 6.42 Å². The highest BCUT2D eigenvalue weighted by Gasteiger charge is 2.34. The standard InChI is InChI=1S/C20H26N2O6S/c1-2-10-21(15-9-12-29(26,27)14-15)19(24)13-28-20(25)16-6-3-4-7-17(16)22-11-5-8-18(22)23/h3-4,6-7,15H,2,5,8-14H2,1H3/t15-/m0/s1. The Balaban J connectivity index is 1.67. The van der Waals surface area contributed by atoms with Crippen LogP contribution in [0.3, 0.4) is 0 Å². The number of rotatable bonds is 7. The quantitative estimate of drug-likeness (QED) is 0.616. The highest BCUT2D eigenvalue weighted by Crippen LogP contribution is 2.26. The second kappa shape index (κ2) is 8.94. The van der Waals surface area contributed by atoms with Crippen molar-refractivity contribution in [1.29, 1.82) is 0 Å². The first-order chi connectivity index (χ1) is 13.8. The van der Waals surface area contributed by atoms with Gasteiger partial charge in [0.25, 0.3) is 5.91 Å². The smallest absolute Gasteiger partial charge is 0.340 e. The van der Waals surface area contributed by atoms with Gasteiger partial charge in [0.2, 0.25) is 5.91 Å². The molecule has 2 fully saturated rings. The summed E-state index contributed by atoms with van der Waals surface area (Å²) in [6, 6.07) is 6.30. The third-order valence-electron chi connectivity index (χ3n) is 5.25. The SMILES string of the molecule is CCCN(C(=O)COC(=O)c1ccccc1N1CCCC1=O)[C@H]1CCS(=O)(=O)C1. The van der Waals surface area contributed by atoms with Crippen molar-refractivity contribution in [2.75, 3.05) is 36.1 Å². The second-order valence-electron chi connectivity index (χ2n) is 7.39. The molecule has 2 amide bonds. The third kappa shape index (κ3) is 4.95. The van der Waals surface area contributed by atoms with E-state index in [-0.39, 0.29) is 29.0 Å². The molecule has 3 rings (SSSR count). The maximum atomic E-state index is 12.6. The van der Waals surface area contributed by atoms with Crippen molar-refractivity contribution >= 4 is 33.3 Å². The van der Waals surface area contributed by atoms with Crippen molar-refractivity contribution in [2.24, 2.45) is 0 Å². The van der Waals surface area contributed by atoms with E-state index in [2.05, 4.69) is 0 Å². The second-order valence-corrected chi connectivity index (χ2v) is 9.61. The monoisotopic (exact) mass is 422 g/mol. The molecule has 0 radical (unpaired) electrons. The molecule has 0 N–H and O–H groups in total. The molecule has 0 bridgehead atoms. The Labute approximate surface area is 170 Å². The van der Waals surface area contributed by atoms with Crippen molar-refractivity contribution in [2.45, 2.75) is 38.6 Å². The third-order valence-corrected chi connectivity index (χ3v) is 7.00. The van der Waals surface area contributed by atoms with E-state index in [9.17, 15) is 22.8 Å². The fourth-order valence-electron chi connectivity index (χ4n) is 3.85. The number of sulfone groups is 1. The van der Waals surface area contributed by atoms with E-state index in [4.69, 9.17) is 4.74 Å². The minimum absolute atomic E-state index is 0.0436. The zero-order chi connectivity index (χ0) is 21.0. The number of para-hydroxylation sites is 1. The summed E-state index contributed by atoms with van der Waals surface area (Å²) in [4.78, 5) is 40.4. The summed E-state index contributed by atoms with van der Waals surface area (Å²) < 4.78 is 28.8. The Bertz CT molecular complexity index is 898. The molecule has 1 aromatic rings. The number of carbonyl (C=O) groups is 3. The molecule has 158 valence electrons. The maximum Gasteiger partial charge on any atom is 0.340 e. The van der Waals surface area contributed by atoms with Gasteiger partial charge >= 0.3 is 5.97 Å². The minimum Gasteiger partial charge on any atom is -0.452 e. The van der Waals surface area contributed by atoms with E-state index >= 15 is 0 Å². The summed E-state index contributed by atoms with van der Waals surface area (Å²) in [5.41, 5.74) is 0.723. The Hall–Kier alpha value is -2.42. The van der Waals surface area contributed by atoms with Crippen LogP contribution in [0.5, 0.6) is 0 Å². The molecule has 2 saturated heterocycles. The number of nitrogens with zero attached hydrogens (tertiary/aromatic N) is 2. The predicted molar refractivity (Wildman–Crippen MR) is 107 cm³/mol. The van der Waals surface area contributed by atoms with Crippen molar-refractivity contribution in [3.8, 4) is 0 Å². The van der Waals surface area contributed by atoms with Crippen LogP contribution in [0.2, 0.25) is 0 Å². The first kappa shape index (κ1) is 21.3. The van der Waals surface area contributed by atoms with Gasteiger partial charge in [0.05, 0.1) is 22.8 Å². The molecule has 29 heavy (non-hydrogen) atoms. The number of amides is 2. The number of ether oxygens (including phenoxy) is 1. The lowest BCUT2D eigenvalue weighted by Crippen LogP contribution is -2.43. The molecule has 1 aromatic carbocycles. The minimum atomic E-state index is -3.13. The zero-order valence-corrected chi connectivity index (χ0v) is 17.3. The molecule has 0 aliphatic carbocycles. The van der Waals surface area contributed by atoms with Crippen molar-refractivity contribution in [3.05, 3.63) is 29.8 Å². The average Bonchev–Trinajstić information content (AvgIpc) is 3.28. The van der Waals surface area contributed by atoms with E-state index in [1.165, 1.54) is 4.90 Å². The van der Waals surface area contributed by atoms with Crippen LogP contribution in [0, 0.1) is 0 Å². The summed E-state index contributed by atoms with van der Waals surface area (Å²) >= 11 is 0. The summed E-state index contributed by atoms with van der Waals surface area (Å²) in [6.45, 7) is 2.40. The molecule has 0 aromatic heterocycles. The number of carbonyl (C=O) groups excluding carboxylic acids is 3. The van der Waals surface area contributed by atoms with Gasteiger partial charge < -0.3 is 14.5 Å². The Kier molecular flexibility index (Phi) is 6.56. The van der Waals surface area contributed by atoms with Crippen LogP contribution in [-0.4, -0.2) is 68.3 Å². The molecule has 0 spiro atoms. The molecule has 2 aliphatic rings. The van der Waals surface area contributed by atoms with Crippen LogP contribution in [0.4, 0.5) is 5.69 Å².